The van der Waals surface area contributed by atoms with Crippen molar-refractivity contribution in [1.82, 2.24) is 9.29 Å². The van der Waals surface area contributed by atoms with Gasteiger partial charge in [-0.3, -0.25) is 4.98 Å². The molecule has 7 nitrogen and oxygen atoms in total. The molecule has 0 radical (unpaired) electrons. The summed E-state index contributed by atoms with van der Waals surface area (Å²) in [5.41, 5.74) is 0.676. The normalized spacial score (nSPS) is 17.9. The number of rotatable bonds is 2. The van der Waals surface area contributed by atoms with Crippen molar-refractivity contribution in [3.05, 3.63) is 28.7 Å². The topological polar surface area (TPSA) is 107 Å². The Morgan fingerprint density at radius 3 is 2.71 bits per heavy atom. The molecule has 110 valence electrons. The molecule has 0 bridgehead atoms. The minimum absolute atomic E-state index is 0.0795. The molecule has 1 aliphatic rings. The second-order valence-electron chi connectivity index (χ2n) is 4.98. The lowest BCUT2D eigenvalue weighted by atomic mass is 10.0. The predicted molar refractivity (Wildman–Crippen MR) is 73.9 cm³/mol. The van der Waals surface area contributed by atoms with Crippen LogP contribution < -0.4 is 5.76 Å². The molecule has 1 fully saturated rings. The number of nitrogens with one attached hydrogen (secondary N) is 1. The number of nitrogens with zero attached hydrogens (tertiary/aromatic N) is 2. The van der Waals surface area contributed by atoms with Gasteiger partial charge >= 0.3 is 5.76 Å². The molecule has 2 aromatic rings. The van der Waals surface area contributed by atoms with E-state index in [-0.39, 0.29) is 10.8 Å². The van der Waals surface area contributed by atoms with Gasteiger partial charge in [-0.1, -0.05) is 0 Å². The Balaban J connectivity index is 1.93. The minimum atomic E-state index is -3.62. The Kier molecular flexibility index (Phi) is 3.31. The van der Waals surface area contributed by atoms with Gasteiger partial charge in [0.05, 0.1) is 16.5 Å². The summed E-state index contributed by atoms with van der Waals surface area (Å²) in [7, 11) is -3.62. The first kappa shape index (κ1) is 13.9. The number of piperidine rings is 1. The van der Waals surface area contributed by atoms with E-state index in [0.717, 1.165) is 0 Å². The zero-order valence-corrected chi connectivity index (χ0v) is 11.9. The fraction of sp³-hybridized carbons (Fsp3) is 0.385. The minimum Gasteiger partial charge on any atom is -0.408 e. The Hall–Kier alpha value is -2.11. The van der Waals surface area contributed by atoms with Crippen molar-refractivity contribution in [3.63, 3.8) is 0 Å². The van der Waals surface area contributed by atoms with E-state index < -0.39 is 15.8 Å². The van der Waals surface area contributed by atoms with Crippen molar-refractivity contribution in [2.24, 2.45) is 5.92 Å². The summed E-state index contributed by atoms with van der Waals surface area (Å²) in [5.74, 6) is -0.696. The zero-order valence-electron chi connectivity index (χ0n) is 11.1. The standard InChI is InChI=1S/C13H13N3O4S/c14-8-9-3-5-16(6-4-9)21(18,19)10-1-2-12-11(7-10)15-13(17)20-12/h1-2,7,9H,3-6H2,(H,15,17). The molecule has 8 heteroatoms. The Labute approximate surface area is 120 Å². The van der Waals surface area contributed by atoms with E-state index in [9.17, 15) is 13.2 Å². The number of oxazole rings is 1. The Morgan fingerprint density at radius 1 is 1.33 bits per heavy atom. The van der Waals surface area contributed by atoms with E-state index in [1.807, 2.05) is 0 Å². The van der Waals surface area contributed by atoms with Crippen LogP contribution in [0.4, 0.5) is 0 Å². The van der Waals surface area contributed by atoms with E-state index in [2.05, 4.69) is 11.1 Å². The molecule has 0 amide bonds. The van der Waals surface area contributed by atoms with Crippen LogP contribution in [0, 0.1) is 17.2 Å². The van der Waals surface area contributed by atoms with Crippen LogP contribution in [0.15, 0.2) is 32.3 Å². The molecule has 3 rings (SSSR count). The third-order valence-corrected chi connectivity index (χ3v) is 5.56. The van der Waals surface area contributed by atoms with Gasteiger partial charge in [0.2, 0.25) is 10.0 Å². The van der Waals surface area contributed by atoms with Crippen LogP contribution >= 0.6 is 0 Å². The van der Waals surface area contributed by atoms with E-state index in [0.29, 0.717) is 37.0 Å². The first-order chi connectivity index (χ1) is 10.0. The fourth-order valence-corrected chi connectivity index (χ4v) is 3.96. The second kappa shape index (κ2) is 5.02. The number of hydrogen-bond acceptors (Lipinski definition) is 5. The largest absolute Gasteiger partial charge is 0.417 e. The van der Waals surface area contributed by atoms with Crippen molar-refractivity contribution >= 4 is 21.1 Å². The maximum atomic E-state index is 12.6. The van der Waals surface area contributed by atoms with Gasteiger partial charge in [0.1, 0.15) is 0 Å². The van der Waals surface area contributed by atoms with Gasteiger partial charge in [-0.2, -0.15) is 9.57 Å². The van der Waals surface area contributed by atoms with Gasteiger partial charge in [-0.15, -0.1) is 0 Å². The maximum Gasteiger partial charge on any atom is 0.417 e. The smallest absolute Gasteiger partial charge is 0.408 e. The zero-order chi connectivity index (χ0) is 15.0. The SMILES string of the molecule is N#CC1CCN(S(=O)(=O)c2ccc3oc(=O)[nH]c3c2)CC1. The highest BCUT2D eigenvalue weighted by atomic mass is 32.2. The number of nitriles is 1. The van der Waals surface area contributed by atoms with Crippen LogP contribution in [0.5, 0.6) is 0 Å². The highest BCUT2D eigenvalue weighted by molar-refractivity contribution is 7.89. The number of aromatic amines is 1. The average molecular weight is 307 g/mol. The predicted octanol–water partition coefficient (Wildman–Crippen LogP) is 1.05. The fourth-order valence-electron chi connectivity index (χ4n) is 2.47. The van der Waals surface area contributed by atoms with Crippen LogP contribution in [0.1, 0.15) is 12.8 Å². The highest BCUT2D eigenvalue weighted by Gasteiger charge is 2.29. The van der Waals surface area contributed by atoms with Gasteiger partial charge in [0.15, 0.2) is 5.58 Å². The number of H-pyrrole nitrogens is 1. The summed E-state index contributed by atoms with van der Waals surface area (Å²) in [4.78, 5) is 13.7. The van der Waals surface area contributed by atoms with E-state index in [4.69, 9.17) is 9.68 Å². The van der Waals surface area contributed by atoms with Gasteiger partial charge in [0, 0.05) is 19.0 Å². The van der Waals surface area contributed by atoms with Gasteiger partial charge in [-0.25, -0.2) is 13.2 Å². The van der Waals surface area contributed by atoms with Crippen molar-refractivity contribution in [1.29, 1.82) is 5.26 Å². The molecule has 1 saturated heterocycles. The summed E-state index contributed by atoms with van der Waals surface area (Å²) in [6, 6.07) is 6.45. The molecule has 0 aliphatic carbocycles. The van der Waals surface area contributed by atoms with Crippen molar-refractivity contribution in [2.45, 2.75) is 17.7 Å². The Bertz CT molecular complexity index is 867. The van der Waals surface area contributed by atoms with Crippen LogP contribution in [-0.2, 0) is 10.0 Å². The van der Waals surface area contributed by atoms with Crippen LogP contribution in [0.2, 0.25) is 0 Å². The molecular weight excluding hydrogens is 294 g/mol. The third-order valence-electron chi connectivity index (χ3n) is 3.66. The van der Waals surface area contributed by atoms with Crippen molar-refractivity contribution in [2.75, 3.05) is 13.1 Å². The monoisotopic (exact) mass is 307 g/mol. The lowest BCUT2D eigenvalue weighted by molar-refractivity contribution is 0.310. The first-order valence-electron chi connectivity index (χ1n) is 6.53. The average Bonchev–Trinajstić information content (AvgIpc) is 2.86. The number of aromatic nitrogens is 1. The van der Waals surface area contributed by atoms with Crippen LogP contribution in [0.3, 0.4) is 0 Å². The van der Waals surface area contributed by atoms with Crippen LogP contribution in [-0.4, -0.2) is 30.8 Å². The first-order valence-corrected chi connectivity index (χ1v) is 7.97. The lowest BCUT2D eigenvalue weighted by Crippen LogP contribution is -2.38. The highest BCUT2D eigenvalue weighted by Crippen LogP contribution is 2.25. The van der Waals surface area contributed by atoms with Gasteiger partial charge in [0.25, 0.3) is 0 Å². The molecule has 2 heterocycles. The molecule has 1 aromatic heterocycles. The molecule has 21 heavy (non-hydrogen) atoms. The lowest BCUT2D eigenvalue weighted by Gasteiger charge is -2.28. The summed E-state index contributed by atoms with van der Waals surface area (Å²) in [6.07, 6.45) is 1.08. The summed E-state index contributed by atoms with van der Waals surface area (Å²) in [6.45, 7) is 0.668. The summed E-state index contributed by atoms with van der Waals surface area (Å²) >= 11 is 0. The molecule has 1 aromatic carbocycles. The number of hydrogen-bond donors (Lipinski definition) is 1. The van der Waals surface area contributed by atoms with Crippen molar-refractivity contribution < 1.29 is 12.8 Å². The molecule has 0 spiro atoms. The Morgan fingerprint density at radius 2 is 2.05 bits per heavy atom. The number of benzene rings is 1. The van der Waals surface area contributed by atoms with Crippen LogP contribution in [0.25, 0.3) is 11.1 Å². The number of fused-ring (bicyclic) bond motifs is 1. The van der Waals surface area contributed by atoms with Gasteiger partial charge in [-0.05, 0) is 31.0 Å². The summed E-state index contributed by atoms with van der Waals surface area (Å²) in [5, 5.41) is 8.86. The van der Waals surface area contributed by atoms with E-state index >= 15 is 0 Å². The molecule has 1 aliphatic heterocycles. The second-order valence-corrected chi connectivity index (χ2v) is 6.92. The maximum absolute atomic E-state index is 12.6. The molecule has 0 saturated carbocycles. The third kappa shape index (κ3) is 2.46. The molecular formula is C13H13N3O4S. The molecule has 0 unspecified atom stereocenters. The molecule has 0 atom stereocenters. The molecule has 1 N–H and O–H groups in total. The summed E-state index contributed by atoms with van der Waals surface area (Å²) < 4.78 is 31.3. The number of sulfonamides is 1. The van der Waals surface area contributed by atoms with Gasteiger partial charge < -0.3 is 4.42 Å². The van der Waals surface area contributed by atoms with Crippen molar-refractivity contribution in [3.8, 4) is 6.07 Å². The quantitative estimate of drug-likeness (QED) is 0.892. The van der Waals surface area contributed by atoms with E-state index in [1.165, 1.54) is 22.5 Å². The van der Waals surface area contributed by atoms with E-state index in [1.54, 1.807) is 0 Å².